The molecule has 3 aliphatic rings. The van der Waals surface area contributed by atoms with Crippen LogP contribution in [0.2, 0.25) is 0 Å². The first kappa shape index (κ1) is 19.7. The van der Waals surface area contributed by atoms with Crippen LogP contribution in [-0.4, -0.2) is 91.7 Å². The first-order valence-corrected chi connectivity index (χ1v) is 10.8. The lowest BCUT2D eigenvalue weighted by Crippen LogP contribution is -2.54. The van der Waals surface area contributed by atoms with Gasteiger partial charge < -0.3 is 15.0 Å². The summed E-state index contributed by atoms with van der Waals surface area (Å²) < 4.78 is 6.00. The molecule has 1 aromatic carbocycles. The Balaban J connectivity index is 1.31. The fraction of sp³-hybridized carbons (Fsp3) is 0.682. The third-order valence-corrected chi connectivity index (χ3v) is 6.35. The number of amides is 1. The summed E-state index contributed by atoms with van der Waals surface area (Å²) in [5.74, 6) is 0.195. The molecular formula is C22H34N4O2. The molecule has 0 aromatic heterocycles. The van der Waals surface area contributed by atoms with E-state index >= 15 is 0 Å². The van der Waals surface area contributed by atoms with Gasteiger partial charge in [-0.2, -0.15) is 0 Å². The van der Waals surface area contributed by atoms with E-state index in [-0.39, 0.29) is 12.0 Å². The molecule has 2 saturated heterocycles. The van der Waals surface area contributed by atoms with Crippen molar-refractivity contribution >= 4 is 11.6 Å². The van der Waals surface area contributed by atoms with Gasteiger partial charge in [-0.05, 0) is 44.4 Å². The summed E-state index contributed by atoms with van der Waals surface area (Å²) in [5, 5.41) is 3.43. The van der Waals surface area contributed by atoms with Crippen molar-refractivity contribution in [2.75, 3.05) is 64.3 Å². The third kappa shape index (κ3) is 4.34. The van der Waals surface area contributed by atoms with Crippen molar-refractivity contribution in [2.24, 2.45) is 0 Å². The lowest BCUT2D eigenvalue weighted by molar-refractivity contribution is -0.0555. The average molecular weight is 387 g/mol. The zero-order valence-corrected chi connectivity index (χ0v) is 17.3. The van der Waals surface area contributed by atoms with Gasteiger partial charge in [-0.1, -0.05) is 6.07 Å². The lowest BCUT2D eigenvalue weighted by Gasteiger charge is -2.40. The lowest BCUT2D eigenvalue weighted by atomic mass is 9.96. The molecule has 154 valence electrons. The summed E-state index contributed by atoms with van der Waals surface area (Å²) in [5.41, 5.74) is 3.23. The molecule has 1 atom stereocenters. The molecule has 0 bridgehead atoms. The Labute approximate surface area is 168 Å². The number of hydrogen-bond acceptors (Lipinski definition) is 5. The number of rotatable bonds is 4. The van der Waals surface area contributed by atoms with E-state index in [4.69, 9.17) is 4.74 Å². The molecule has 1 aromatic rings. The minimum atomic E-state index is 0.195. The fourth-order valence-corrected chi connectivity index (χ4v) is 4.62. The fourth-order valence-electron chi connectivity index (χ4n) is 4.62. The van der Waals surface area contributed by atoms with Crippen molar-refractivity contribution in [3.63, 3.8) is 0 Å². The molecule has 1 amide bonds. The summed E-state index contributed by atoms with van der Waals surface area (Å²) in [4.78, 5) is 20.1. The number of nitrogens with zero attached hydrogens (tertiary/aromatic N) is 3. The van der Waals surface area contributed by atoms with Gasteiger partial charge in [-0.25, -0.2) is 0 Å². The van der Waals surface area contributed by atoms with Crippen LogP contribution in [0.4, 0.5) is 5.69 Å². The first-order chi connectivity index (χ1) is 13.6. The smallest absolute Gasteiger partial charge is 0.254 e. The van der Waals surface area contributed by atoms with Crippen molar-refractivity contribution in [1.29, 1.82) is 0 Å². The molecule has 3 aliphatic heterocycles. The van der Waals surface area contributed by atoms with E-state index in [9.17, 15) is 4.79 Å². The zero-order valence-electron chi connectivity index (χ0n) is 17.3. The molecular weight excluding hydrogens is 352 g/mol. The van der Waals surface area contributed by atoms with Gasteiger partial charge in [0.1, 0.15) is 0 Å². The second kappa shape index (κ2) is 8.80. The molecule has 3 heterocycles. The molecule has 0 aliphatic carbocycles. The Kier molecular flexibility index (Phi) is 6.19. The second-order valence-corrected chi connectivity index (χ2v) is 8.54. The molecule has 28 heavy (non-hydrogen) atoms. The van der Waals surface area contributed by atoms with Crippen LogP contribution >= 0.6 is 0 Å². The van der Waals surface area contributed by atoms with Crippen molar-refractivity contribution in [1.82, 2.24) is 14.7 Å². The highest BCUT2D eigenvalue weighted by Gasteiger charge is 2.28. The summed E-state index contributed by atoms with van der Waals surface area (Å²) in [7, 11) is 0. The van der Waals surface area contributed by atoms with Gasteiger partial charge in [0.05, 0.1) is 12.7 Å². The van der Waals surface area contributed by atoms with Gasteiger partial charge in [-0.15, -0.1) is 0 Å². The van der Waals surface area contributed by atoms with Crippen LogP contribution < -0.4 is 5.32 Å². The molecule has 1 N–H and O–H groups in total. The van der Waals surface area contributed by atoms with Gasteiger partial charge >= 0.3 is 0 Å². The van der Waals surface area contributed by atoms with Crippen molar-refractivity contribution in [3.8, 4) is 0 Å². The largest absolute Gasteiger partial charge is 0.385 e. The van der Waals surface area contributed by atoms with E-state index in [1.165, 1.54) is 5.56 Å². The van der Waals surface area contributed by atoms with E-state index in [2.05, 4.69) is 35.0 Å². The van der Waals surface area contributed by atoms with Gasteiger partial charge in [0.25, 0.3) is 5.91 Å². The second-order valence-electron chi connectivity index (χ2n) is 8.54. The first-order valence-electron chi connectivity index (χ1n) is 10.8. The quantitative estimate of drug-likeness (QED) is 0.857. The highest BCUT2D eigenvalue weighted by atomic mass is 16.5. The number of fused-ring (bicyclic) bond motifs is 1. The van der Waals surface area contributed by atoms with Crippen molar-refractivity contribution in [2.45, 2.75) is 38.8 Å². The van der Waals surface area contributed by atoms with Crippen LogP contribution in [0.1, 0.15) is 36.2 Å². The number of morpholine rings is 1. The monoisotopic (exact) mass is 386 g/mol. The van der Waals surface area contributed by atoms with Crippen LogP contribution in [-0.2, 0) is 11.2 Å². The maximum atomic E-state index is 13.1. The molecule has 0 spiro atoms. The average Bonchev–Trinajstić information content (AvgIpc) is 2.73. The van der Waals surface area contributed by atoms with E-state index in [0.717, 1.165) is 83.1 Å². The predicted octanol–water partition coefficient (Wildman–Crippen LogP) is 1.91. The van der Waals surface area contributed by atoms with Crippen LogP contribution in [0.25, 0.3) is 0 Å². The number of hydrogen-bond donors (Lipinski definition) is 1. The molecule has 0 radical (unpaired) electrons. The Morgan fingerprint density at radius 2 is 2.04 bits per heavy atom. The van der Waals surface area contributed by atoms with Crippen LogP contribution in [0.3, 0.4) is 0 Å². The Morgan fingerprint density at radius 1 is 1.21 bits per heavy atom. The van der Waals surface area contributed by atoms with E-state index in [1.54, 1.807) is 0 Å². The predicted molar refractivity (Wildman–Crippen MR) is 112 cm³/mol. The topological polar surface area (TPSA) is 48.1 Å². The molecule has 0 saturated carbocycles. The van der Waals surface area contributed by atoms with Crippen molar-refractivity contribution in [3.05, 3.63) is 29.3 Å². The number of carbonyl (C=O) groups is 1. The SMILES string of the molecule is CC(C)N1CCOC(CN2CCN(C(=O)c3cccc4c3CCCN4)CC2)C1. The summed E-state index contributed by atoms with van der Waals surface area (Å²) in [6.07, 6.45) is 2.38. The highest BCUT2D eigenvalue weighted by molar-refractivity contribution is 5.97. The third-order valence-electron chi connectivity index (χ3n) is 6.35. The summed E-state index contributed by atoms with van der Waals surface area (Å²) >= 11 is 0. The van der Waals surface area contributed by atoms with Crippen LogP contribution in [0.5, 0.6) is 0 Å². The number of carbonyl (C=O) groups excluding carboxylic acids is 1. The number of nitrogens with one attached hydrogen (secondary N) is 1. The summed E-state index contributed by atoms with van der Waals surface area (Å²) in [6.45, 7) is 12.8. The van der Waals surface area contributed by atoms with Gasteiger partial charge in [0.15, 0.2) is 0 Å². The Morgan fingerprint density at radius 3 is 2.82 bits per heavy atom. The number of ether oxygens (including phenoxy) is 1. The van der Waals surface area contributed by atoms with Gasteiger partial charge in [-0.3, -0.25) is 14.6 Å². The van der Waals surface area contributed by atoms with Gasteiger partial charge in [0.2, 0.25) is 0 Å². The standard InChI is InChI=1S/C22H34N4O2/c1-17(2)26-13-14-28-18(16-26)15-24-9-11-25(12-10-24)22(27)20-5-3-7-21-19(20)6-4-8-23-21/h3,5,7,17-18,23H,4,6,8-16H2,1-2H3. The van der Waals surface area contributed by atoms with Crippen LogP contribution in [0, 0.1) is 0 Å². The minimum absolute atomic E-state index is 0.195. The van der Waals surface area contributed by atoms with E-state index in [1.807, 2.05) is 17.0 Å². The molecule has 2 fully saturated rings. The molecule has 6 heteroatoms. The molecule has 6 nitrogen and oxygen atoms in total. The minimum Gasteiger partial charge on any atom is -0.385 e. The normalized spacial score (nSPS) is 24.1. The Hall–Kier alpha value is -1.63. The maximum Gasteiger partial charge on any atom is 0.254 e. The van der Waals surface area contributed by atoms with Gasteiger partial charge in [0, 0.05) is 69.7 Å². The number of benzene rings is 1. The highest BCUT2D eigenvalue weighted by Crippen LogP contribution is 2.26. The zero-order chi connectivity index (χ0) is 19.5. The Bertz CT molecular complexity index is 685. The summed E-state index contributed by atoms with van der Waals surface area (Å²) in [6, 6.07) is 6.67. The number of anilines is 1. The molecule has 1 unspecified atom stereocenters. The maximum absolute atomic E-state index is 13.1. The van der Waals surface area contributed by atoms with Crippen molar-refractivity contribution < 1.29 is 9.53 Å². The van der Waals surface area contributed by atoms with E-state index in [0.29, 0.717) is 6.04 Å². The van der Waals surface area contributed by atoms with E-state index < -0.39 is 0 Å². The number of piperazine rings is 1. The molecule has 4 rings (SSSR count). The van der Waals surface area contributed by atoms with Crippen LogP contribution in [0.15, 0.2) is 18.2 Å².